The molecular formula is C12H26N2O3Si. The van der Waals surface area contributed by atoms with E-state index in [0.29, 0.717) is 26.2 Å². The Morgan fingerprint density at radius 3 is 2.61 bits per heavy atom. The molecule has 1 aliphatic rings. The molecule has 6 heteroatoms. The number of nitrogens with one attached hydrogen (secondary N) is 1. The first-order valence-electron chi connectivity index (χ1n) is 6.49. The van der Waals surface area contributed by atoms with Crippen LogP contribution in [0.25, 0.3) is 0 Å². The number of carboxylic acid groups (broad SMARTS) is 1. The van der Waals surface area contributed by atoms with Crippen molar-refractivity contribution in [1.82, 2.24) is 10.2 Å². The Balaban J connectivity index is 2.46. The molecule has 1 heterocycles. The maximum Gasteiger partial charge on any atom is 0.407 e. The first kappa shape index (κ1) is 15.5. The second-order valence-corrected chi connectivity index (χ2v) is 11.3. The molecule has 2 N–H and O–H groups in total. The van der Waals surface area contributed by atoms with Gasteiger partial charge in [0.1, 0.15) is 0 Å². The van der Waals surface area contributed by atoms with Crippen LogP contribution in [0.3, 0.4) is 0 Å². The predicted octanol–water partition coefficient (Wildman–Crippen LogP) is 1.96. The zero-order chi connectivity index (χ0) is 14.0. The maximum atomic E-state index is 10.9. The molecule has 0 aromatic rings. The molecule has 106 valence electrons. The number of piperazine rings is 1. The second kappa shape index (κ2) is 5.58. The molecular weight excluding hydrogens is 248 g/mol. The van der Waals surface area contributed by atoms with Crippen LogP contribution < -0.4 is 5.32 Å². The molecule has 1 atom stereocenters. The van der Waals surface area contributed by atoms with E-state index in [1.165, 1.54) is 4.90 Å². The van der Waals surface area contributed by atoms with Gasteiger partial charge in [0.15, 0.2) is 8.32 Å². The van der Waals surface area contributed by atoms with Gasteiger partial charge in [-0.3, -0.25) is 0 Å². The standard InChI is InChI=1S/C12H26N2O3Si/c1-12(2,3)18(4,5)17-9-10-8-14(11(15)16)7-6-13-10/h10,13H,6-9H2,1-5H3,(H,15,16)/t10-/m0/s1. The Morgan fingerprint density at radius 1 is 1.50 bits per heavy atom. The van der Waals surface area contributed by atoms with E-state index in [1.807, 2.05) is 0 Å². The van der Waals surface area contributed by atoms with E-state index in [0.717, 1.165) is 0 Å². The Labute approximate surface area is 111 Å². The highest BCUT2D eigenvalue weighted by molar-refractivity contribution is 6.74. The minimum absolute atomic E-state index is 0.115. The van der Waals surface area contributed by atoms with Crippen LogP contribution >= 0.6 is 0 Å². The van der Waals surface area contributed by atoms with Crippen molar-refractivity contribution in [3.05, 3.63) is 0 Å². The molecule has 1 fully saturated rings. The van der Waals surface area contributed by atoms with Crippen LogP contribution in [0.1, 0.15) is 20.8 Å². The molecule has 0 aromatic heterocycles. The summed E-state index contributed by atoms with van der Waals surface area (Å²) in [6, 6.07) is 0.115. The summed E-state index contributed by atoms with van der Waals surface area (Å²) in [4.78, 5) is 12.4. The quantitative estimate of drug-likeness (QED) is 0.772. The van der Waals surface area contributed by atoms with E-state index in [9.17, 15) is 4.79 Å². The molecule has 0 radical (unpaired) electrons. The van der Waals surface area contributed by atoms with Crippen molar-refractivity contribution < 1.29 is 14.3 Å². The van der Waals surface area contributed by atoms with Gasteiger partial charge in [0.2, 0.25) is 0 Å². The van der Waals surface area contributed by atoms with Gasteiger partial charge >= 0.3 is 6.09 Å². The largest absolute Gasteiger partial charge is 0.465 e. The average Bonchev–Trinajstić information content (AvgIpc) is 2.25. The van der Waals surface area contributed by atoms with E-state index in [1.54, 1.807) is 0 Å². The minimum atomic E-state index is -1.74. The summed E-state index contributed by atoms with van der Waals surface area (Å²) in [7, 11) is -1.74. The molecule has 5 nitrogen and oxygen atoms in total. The summed E-state index contributed by atoms with van der Waals surface area (Å²) < 4.78 is 6.12. The number of carbonyl (C=O) groups is 1. The van der Waals surface area contributed by atoms with E-state index in [4.69, 9.17) is 9.53 Å². The van der Waals surface area contributed by atoms with Crippen LogP contribution in [-0.4, -0.2) is 56.7 Å². The molecule has 1 aliphatic heterocycles. The summed E-state index contributed by atoms with van der Waals surface area (Å²) in [5, 5.41) is 12.5. The van der Waals surface area contributed by atoms with Crippen LogP contribution in [0.15, 0.2) is 0 Å². The Kier molecular flexibility index (Phi) is 4.80. The second-order valence-electron chi connectivity index (χ2n) is 6.45. The lowest BCUT2D eigenvalue weighted by atomic mass is 10.2. The summed E-state index contributed by atoms with van der Waals surface area (Å²) in [6.07, 6.45) is -0.839. The number of amides is 1. The molecule has 0 spiro atoms. The SMILES string of the molecule is CC(C)(C)[Si](C)(C)OC[C@@H]1CN(C(=O)O)CCN1. The lowest BCUT2D eigenvalue weighted by Gasteiger charge is -2.39. The van der Waals surface area contributed by atoms with Crippen LogP contribution in [0, 0.1) is 0 Å². The number of hydrogen-bond donors (Lipinski definition) is 2. The third-order valence-electron chi connectivity index (χ3n) is 3.98. The Bertz CT molecular complexity index is 302. The molecule has 0 aromatic carbocycles. The highest BCUT2D eigenvalue weighted by atomic mass is 28.4. The number of rotatable bonds is 3. The number of nitrogens with zero attached hydrogens (tertiary/aromatic N) is 1. The van der Waals surface area contributed by atoms with Crippen LogP contribution in [-0.2, 0) is 4.43 Å². The predicted molar refractivity (Wildman–Crippen MR) is 74.5 cm³/mol. The van der Waals surface area contributed by atoms with Crippen molar-refractivity contribution in [2.75, 3.05) is 26.2 Å². The van der Waals surface area contributed by atoms with Gasteiger partial charge in [-0.1, -0.05) is 20.8 Å². The first-order chi connectivity index (χ1) is 8.13. The van der Waals surface area contributed by atoms with Gasteiger partial charge in [-0.05, 0) is 18.1 Å². The smallest absolute Gasteiger partial charge is 0.407 e. The zero-order valence-corrected chi connectivity index (χ0v) is 13.1. The van der Waals surface area contributed by atoms with Crippen molar-refractivity contribution >= 4 is 14.4 Å². The molecule has 1 amide bonds. The fourth-order valence-electron chi connectivity index (χ4n) is 1.64. The fourth-order valence-corrected chi connectivity index (χ4v) is 2.69. The molecule has 0 unspecified atom stereocenters. The molecule has 0 saturated carbocycles. The summed E-state index contributed by atoms with van der Waals surface area (Å²) in [6.45, 7) is 13.4. The maximum absolute atomic E-state index is 10.9. The van der Waals surface area contributed by atoms with Gasteiger partial charge in [0.25, 0.3) is 0 Å². The van der Waals surface area contributed by atoms with Crippen molar-refractivity contribution in [3.8, 4) is 0 Å². The van der Waals surface area contributed by atoms with Gasteiger partial charge in [-0.25, -0.2) is 4.79 Å². The third kappa shape index (κ3) is 3.96. The van der Waals surface area contributed by atoms with Crippen molar-refractivity contribution in [2.24, 2.45) is 0 Å². The summed E-state index contributed by atoms with van der Waals surface area (Å²) >= 11 is 0. The summed E-state index contributed by atoms with van der Waals surface area (Å²) in [5.41, 5.74) is 0. The van der Waals surface area contributed by atoms with Gasteiger partial charge in [-0.15, -0.1) is 0 Å². The normalized spacial score (nSPS) is 22.1. The first-order valence-corrected chi connectivity index (χ1v) is 9.39. The molecule has 0 bridgehead atoms. The summed E-state index contributed by atoms with van der Waals surface area (Å²) in [5.74, 6) is 0. The van der Waals surface area contributed by atoms with Crippen LogP contribution in [0.5, 0.6) is 0 Å². The van der Waals surface area contributed by atoms with Crippen molar-refractivity contribution in [3.63, 3.8) is 0 Å². The Hall–Kier alpha value is -0.593. The van der Waals surface area contributed by atoms with Crippen LogP contribution in [0.4, 0.5) is 4.79 Å². The van der Waals surface area contributed by atoms with Crippen LogP contribution in [0.2, 0.25) is 18.1 Å². The monoisotopic (exact) mass is 274 g/mol. The molecule has 1 saturated heterocycles. The van der Waals surface area contributed by atoms with Gasteiger partial charge in [0.05, 0.1) is 6.61 Å². The minimum Gasteiger partial charge on any atom is -0.465 e. The zero-order valence-electron chi connectivity index (χ0n) is 12.1. The highest BCUT2D eigenvalue weighted by Crippen LogP contribution is 2.36. The van der Waals surface area contributed by atoms with E-state index >= 15 is 0 Å². The topological polar surface area (TPSA) is 61.8 Å². The molecule has 1 rings (SSSR count). The van der Waals surface area contributed by atoms with Crippen molar-refractivity contribution in [2.45, 2.75) is 44.9 Å². The molecule has 18 heavy (non-hydrogen) atoms. The lowest BCUT2D eigenvalue weighted by molar-refractivity contribution is 0.116. The van der Waals surface area contributed by atoms with Gasteiger partial charge < -0.3 is 19.7 Å². The van der Waals surface area contributed by atoms with Crippen molar-refractivity contribution in [1.29, 1.82) is 0 Å². The Morgan fingerprint density at radius 2 is 2.11 bits per heavy atom. The van der Waals surface area contributed by atoms with Gasteiger partial charge in [0, 0.05) is 25.7 Å². The third-order valence-corrected chi connectivity index (χ3v) is 8.48. The molecule has 0 aliphatic carbocycles. The highest BCUT2D eigenvalue weighted by Gasteiger charge is 2.38. The fraction of sp³-hybridized carbons (Fsp3) is 0.917. The van der Waals surface area contributed by atoms with E-state index in [-0.39, 0.29) is 11.1 Å². The van der Waals surface area contributed by atoms with E-state index in [2.05, 4.69) is 39.2 Å². The van der Waals surface area contributed by atoms with E-state index < -0.39 is 14.4 Å². The average molecular weight is 274 g/mol. The van der Waals surface area contributed by atoms with Gasteiger partial charge in [-0.2, -0.15) is 0 Å². The lowest BCUT2D eigenvalue weighted by Crippen LogP contribution is -2.55. The number of hydrogen-bond acceptors (Lipinski definition) is 3.